The summed E-state index contributed by atoms with van der Waals surface area (Å²) in [7, 11) is 3.31. The highest BCUT2D eigenvalue weighted by Crippen LogP contribution is 2.24. The Morgan fingerprint density at radius 3 is 2.65 bits per heavy atom. The maximum atomic E-state index is 11.6. The molecule has 0 N–H and O–H groups in total. The van der Waals surface area contributed by atoms with Gasteiger partial charge in [-0.25, -0.2) is 4.79 Å². The molecule has 0 bridgehead atoms. The van der Waals surface area contributed by atoms with E-state index in [2.05, 4.69) is 10.3 Å². The molecule has 1 aromatic rings. The summed E-state index contributed by atoms with van der Waals surface area (Å²) in [6, 6.07) is 7.54. The summed E-state index contributed by atoms with van der Waals surface area (Å²) in [5, 5.41) is 10.4. The Balaban J connectivity index is 2.08. The Labute approximate surface area is 119 Å². The topological polar surface area (TPSA) is 54.3 Å². The molecule has 0 spiro atoms. The van der Waals surface area contributed by atoms with Gasteiger partial charge in [0.1, 0.15) is 5.69 Å². The average molecular weight is 275 g/mol. The standard InChI is InChI=1S/C15H21N3O2/c1-18(12-8-4-3-5-9-12)17-16-14-11-7-6-10-13(14)15(19)20-2/h6-7,10-12H,3-5,8-9H2,1-2H3. The van der Waals surface area contributed by atoms with Crippen LogP contribution in [-0.4, -0.2) is 31.2 Å². The van der Waals surface area contributed by atoms with E-state index < -0.39 is 0 Å². The number of benzene rings is 1. The lowest BCUT2D eigenvalue weighted by atomic mass is 9.95. The van der Waals surface area contributed by atoms with E-state index in [1.54, 1.807) is 18.2 Å². The van der Waals surface area contributed by atoms with Crippen LogP contribution in [0.15, 0.2) is 34.6 Å². The van der Waals surface area contributed by atoms with Crippen molar-refractivity contribution in [2.75, 3.05) is 14.2 Å². The van der Waals surface area contributed by atoms with Gasteiger partial charge in [0.15, 0.2) is 0 Å². The van der Waals surface area contributed by atoms with E-state index in [-0.39, 0.29) is 5.97 Å². The highest BCUT2D eigenvalue weighted by atomic mass is 16.5. The van der Waals surface area contributed by atoms with Gasteiger partial charge in [-0.1, -0.05) is 36.6 Å². The second-order valence-electron chi connectivity index (χ2n) is 5.06. The van der Waals surface area contributed by atoms with Crippen LogP contribution in [0.4, 0.5) is 5.69 Å². The third-order valence-electron chi connectivity index (χ3n) is 3.71. The lowest BCUT2D eigenvalue weighted by Gasteiger charge is -2.27. The van der Waals surface area contributed by atoms with Crippen LogP contribution in [-0.2, 0) is 4.74 Å². The van der Waals surface area contributed by atoms with Crippen LogP contribution in [0.25, 0.3) is 0 Å². The molecule has 0 unspecified atom stereocenters. The van der Waals surface area contributed by atoms with Gasteiger partial charge in [-0.3, -0.25) is 5.01 Å². The first-order chi connectivity index (χ1) is 9.72. The smallest absolute Gasteiger partial charge is 0.340 e. The van der Waals surface area contributed by atoms with Gasteiger partial charge in [0.25, 0.3) is 0 Å². The minimum absolute atomic E-state index is 0.389. The molecule has 0 heterocycles. The molecule has 5 heteroatoms. The number of carbonyl (C=O) groups excluding carboxylic acids is 1. The Kier molecular flexibility index (Phi) is 5.09. The third-order valence-corrected chi connectivity index (χ3v) is 3.71. The van der Waals surface area contributed by atoms with Crippen LogP contribution in [0.5, 0.6) is 0 Å². The molecule has 0 amide bonds. The van der Waals surface area contributed by atoms with Crippen LogP contribution in [0.1, 0.15) is 42.5 Å². The molecule has 0 aliphatic heterocycles. The molecule has 0 saturated heterocycles. The molecule has 1 aromatic carbocycles. The number of carbonyl (C=O) groups is 1. The Hall–Kier alpha value is -1.91. The summed E-state index contributed by atoms with van der Waals surface area (Å²) in [4.78, 5) is 11.6. The second kappa shape index (κ2) is 7.03. The van der Waals surface area contributed by atoms with Crippen molar-refractivity contribution in [1.82, 2.24) is 5.01 Å². The molecule has 1 aliphatic carbocycles. The number of nitrogens with zero attached hydrogens (tertiary/aromatic N) is 3. The second-order valence-corrected chi connectivity index (χ2v) is 5.06. The summed E-state index contributed by atoms with van der Waals surface area (Å²) in [6.45, 7) is 0. The van der Waals surface area contributed by atoms with Gasteiger partial charge in [-0.05, 0) is 25.0 Å². The molecule has 1 fully saturated rings. The lowest BCUT2D eigenvalue weighted by Crippen LogP contribution is -2.28. The van der Waals surface area contributed by atoms with Gasteiger partial charge < -0.3 is 4.74 Å². The van der Waals surface area contributed by atoms with Crippen molar-refractivity contribution in [3.05, 3.63) is 29.8 Å². The van der Waals surface area contributed by atoms with E-state index in [9.17, 15) is 4.79 Å². The fourth-order valence-electron chi connectivity index (χ4n) is 2.49. The van der Waals surface area contributed by atoms with E-state index in [1.165, 1.54) is 26.4 Å². The number of esters is 1. The van der Waals surface area contributed by atoms with Crippen molar-refractivity contribution in [1.29, 1.82) is 0 Å². The van der Waals surface area contributed by atoms with E-state index in [1.807, 2.05) is 18.1 Å². The SMILES string of the molecule is COC(=O)c1ccccc1N=NN(C)C1CCCCC1. The van der Waals surface area contributed by atoms with Crippen LogP contribution < -0.4 is 0 Å². The van der Waals surface area contributed by atoms with Gasteiger partial charge in [-0.2, -0.15) is 0 Å². The van der Waals surface area contributed by atoms with E-state index in [4.69, 9.17) is 4.74 Å². The van der Waals surface area contributed by atoms with Crippen molar-refractivity contribution < 1.29 is 9.53 Å². The minimum atomic E-state index is -0.389. The monoisotopic (exact) mass is 275 g/mol. The van der Waals surface area contributed by atoms with Crippen LogP contribution in [0, 0.1) is 0 Å². The van der Waals surface area contributed by atoms with Crippen molar-refractivity contribution in [3.63, 3.8) is 0 Å². The zero-order valence-corrected chi connectivity index (χ0v) is 12.1. The first kappa shape index (κ1) is 14.5. The number of hydrogen-bond acceptors (Lipinski definition) is 4. The molecule has 2 rings (SSSR count). The summed E-state index contributed by atoms with van der Waals surface area (Å²) in [5.41, 5.74) is 0.984. The molecule has 5 nitrogen and oxygen atoms in total. The quantitative estimate of drug-likeness (QED) is 0.478. The van der Waals surface area contributed by atoms with Gasteiger partial charge in [0.05, 0.1) is 12.7 Å². The average Bonchev–Trinajstić information content (AvgIpc) is 2.53. The van der Waals surface area contributed by atoms with E-state index >= 15 is 0 Å². The first-order valence-electron chi connectivity index (χ1n) is 7.04. The summed E-state index contributed by atoms with van der Waals surface area (Å²) in [5.74, 6) is -0.389. The molecule has 1 aliphatic rings. The number of rotatable bonds is 4. The first-order valence-corrected chi connectivity index (χ1v) is 7.04. The van der Waals surface area contributed by atoms with Gasteiger partial charge in [-0.15, -0.1) is 5.11 Å². The highest BCUT2D eigenvalue weighted by Gasteiger charge is 2.17. The van der Waals surface area contributed by atoms with E-state index in [0.717, 1.165) is 12.8 Å². The maximum Gasteiger partial charge on any atom is 0.340 e. The van der Waals surface area contributed by atoms with Gasteiger partial charge in [0, 0.05) is 13.1 Å². The number of methoxy groups -OCH3 is 1. The molecular formula is C15H21N3O2. The van der Waals surface area contributed by atoms with Crippen molar-refractivity contribution in [2.45, 2.75) is 38.1 Å². The third kappa shape index (κ3) is 3.56. The fourth-order valence-corrected chi connectivity index (χ4v) is 2.49. The van der Waals surface area contributed by atoms with Crippen molar-refractivity contribution in [2.24, 2.45) is 10.3 Å². The summed E-state index contributed by atoms with van der Waals surface area (Å²) < 4.78 is 4.75. The maximum absolute atomic E-state index is 11.6. The zero-order chi connectivity index (χ0) is 14.4. The zero-order valence-electron chi connectivity index (χ0n) is 12.1. The molecule has 1 saturated carbocycles. The fraction of sp³-hybridized carbons (Fsp3) is 0.533. The largest absolute Gasteiger partial charge is 0.465 e. The molecule has 108 valence electrons. The van der Waals surface area contributed by atoms with Gasteiger partial charge >= 0.3 is 5.97 Å². The summed E-state index contributed by atoms with van der Waals surface area (Å²) in [6.07, 6.45) is 6.14. The van der Waals surface area contributed by atoms with E-state index in [0.29, 0.717) is 17.3 Å². The molecular weight excluding hydrogens is 254 g/mol. The van der Waals surface area contributed by atoms with Crippen LogP contribution in [0.3, 0.4) is 0 Å². The molecule has 0 aromatic heterocycles. The molecule has 0 radical (unpaired) electrons. The van der Waals surface area contributed by atoms with Crippen LogP contribution in [0.2, 0.25) is 0 Å². The van der Waals surface area contributed by atoms with Crippen molar-refractivity contribution in [3.8, 4) is 0 Å². The highest BCUT2D eigenvalue weighted by molar-refractivity contribution is 5.94. The Morgan fingerprint density at radius 1 is 1.25 bits per heavy atom. The molecule has 20 heavy (non-hydrogen) atoms. The predicted molar refractivity (Wildman–Crippen MR) is 76.9 cm³/mol. The molecule has 0 atom stereocenters. The van der Waals surface area contributed by atoms with Gasteiger partial charge in [0.2, 0.25) is 0 Å². The summed E-state index contributed by atoms with van der Waals surface area (Å²) >= 11 is 0. The van der Waals surface area contributed by atoms with Crippen molar-refractivity contribution >= 4 is 11.7 Å². The van der Waals surface area contributed by atoms with Crippen LogP contribution >= 0.6 is 0 Å². The lowest BCUT2D eigenvalue weighted by molar-refractivity contribution is 0.0601. The number of hydrogen-bond donors (Lipinski definition) is 0. The minimum Gasteiger partial charge on any atom is -0.465 e. The number of ether oxygens (including phenoxy) is 1. The Bertz CT molecular complexity index is 482. The Morgan fingerprint density at radius 2 is 1.95 bits per heavy atom. The predicted octanol–water partition coefficient (Wildman–Crippen LogP) is 3.74. The normalized spacial score (nSPS) is 16.3.